The molecule has 2 rings (SSSR count). The van der Waals surface area contributed by atoms with Gasteiger partial charge < -0.3 is 0 Å². The first-order chi connectivity index (χ1) is 9.14. The first kappa shape index (κ1) is 15.3. The van der Waals surface area contributed by atoms with Gasteiger partial charge in [-0.1, -0.05) is 6.07 Å². The number of sulfonamides is 1. The van der Waals surface area contributed by atoms with E-state index in [4.69, 9.17) is 0 Å². The van der Waals surface area contributed by atoms with E-state index in [1.165, 1.54) is 17.4 Å². The summed E-state index contributed by atoms with van der Waals surface area (Å²) < 4.78 is 63.8. The van der Waals surface area contributed by atoms with Crippen LogP contribution in [0.25, 0.3) is 0 Å². The number of hydrogen-bond acceptors (Lipinski definition) is 2. The Balaban J connectivity index is 2.34. The summed E-state index contributed by atoms with van der Waals surface area (Å²) in [4.78, 5) is -0.317. The Kier molecular flexibility index (Phi) is 3.85. The van der Waals surface area contributed by atoms with Crippen LogP contribution in [0.4, 0.5) is 13.2 Å². The lowest BCUT2D eigenvalue weighted by atomic mass is 10.2. The van der Waals surface area contributed by atoms with E-state index in [2.05, 4.69) is 0 Å². The number of benzene rings is 1. The predicted octanol–water partition coefficient (Wildman–Crippen LogP) is 3.12. The fourth-order valence-corrected chi connectivity index (χ4v) is 3.56. The average molecular weight is 307 g/mol. The summed E-state index contributed by atoms with van der Waals surface area (Å²) in [6, 6.07) is 3.66. The Hall–Kier alpha value is -1.08. The zero-order valence-electron chi connectivity index (χ0n) is 11.2. The number of alkyl halides is 3. The maximum absolute atomic E-state index is 12.6. The van der Waals surface area contributed by atoms with Crippen molar-refractivity contribution in [3.63, 3.8) is 0 Å². The van der Waals surface area contributed by atoms with Crippen LogP contribution >= 0.6 is 0 Å². The standard InChI is InChI=1S/C13H16F3NO2S/c1-9(10-6-7-10)17(2)20(18,19)12-5-3-4-11(8-12)13(14,15)16/h3-5,8-10H,6-7H2,1-2H3. The first-order valence-electron chi connectivity index (χ1n) is 6.29. The molecular formula is C13H16F3NO2S. The Bertz CT molecular complexity index is 594. The minimum Gasteiger partial charge on any atom is -0.207 e. The Morgan fingerprint density at radius 3 is 2.40 bits per heavy atom. The van der Waals surface area contributed by atoms with Crippen molar-refractivity contribution in [2.75, 3.05) is 7.05 Å². The van der Waals surface area contributed by atoms with Gasteiger partial charge in [-0.15, -0.1) is 0 Å². The number of hydrogen-bond donors (Lipinski definition) is 0. The highest BCUT2D eigenvalue weighted by Gasteiger charge is 2.37. The second-order valence-corrected chi connectivity index (χ2v) is 7.12. The summed E-state index contributed by atoms with van der Waals surface area (Å²) >= 11 is 0. The lowest BCUT2D eigenvalue weighted by Crippen LogP contribution is -2.36. The van der Waals surface area contributed by atoms with E-state index in [0.29, 0.717) is 12.0 Å². The normalized spacial score (nSPS) is 18.3. The molecule has 3 nitrogen and oxygen atoms in total. The quantitative estimate of drug-likeness (QED) is 0.857. The fraction of sp³-hybridized carbons (Fsp3) is 0.538. The zero-order chi connectivity index (χ0) is 15.1. The van der Waals surface area contributed by atoms with Gasteiger partial charge in [-0.05, 0) is 43.9 Å². The summed E-state index contributed by atoms with van der Waals surface area (Å²) in [5.41, 5.74) is -0.953. The molecule has 0 saturated heterocycles. The van der Waals surface area contributed by atoms with Crippen molar-refractivity contribution in [1.29, 1.82) is 0 Å². The Labute approximate surface area is 116 Å². The third-order valence-corrected chi connectivity index (χ3v) is 5.66. The molecule has 0 spiro atoms. The van der Waals surface area contributed by atoms with Gasteiger partial charge in [0.05, 0.1) is 10.5 Å². The average Bonchev–Trinajstić information content (AvgIpc) is 3.20. The molecular weight excluding hydrogens is 291 g/mol. The zero-order valence-corrected chi connectivity index (χ0v) is 12.0. The van der Waals surface area contributed by atoms with Gasteiger partial charge in [-0.3, -0.25) is 0 Å². The minimum atomic E-state index is -4.55. The summed E-state index contributed by atoms with van der Waals surface area (Å²) in [5.74, 6) is 0.306. The van der Waals surface area contributed by atoms with Crippen molar-refractivity contribution in [1.82, 2.24) is 4.31 Å². The van der Waals surface area contributed by atoms with Gasteiger partial charge in [0.2, 0.25) is 10.0 Å². The number of nitrogens with zero attached hydrogens (tertiary/aromatic N) is 1. The highest BCUT2D eigenvalue weighted by Crippen LogP contribution is 2.37. The molecule has 1 unspecified atom stereocenters. The van der Waals surface area contributed by atoms with Crippen molar-refractivity contribution in [3.8, 4) is 0 Å². The van der Waals surface area contributed by atoms with Crippen LogP contribution < -0.4 is 0 Å². The molecule has 112 valence electrons. The highest BCUT2D eigenvalue weighted by molar-refractivity contribution is 7.89. The monoisotopic (exact) mass is 307 g/mol. The molecule has 1 saturated carbocycles. The van der Waals surface area contributed by atoms with Gasteiger partial charge in [0.15, 0.2) is 0 Å². The van der Waals surface area contributed by atoms with Gasteiger partial charge in [-0.2, -0.15) is 17.5 Å². The molecule has 0 aromatic heterocycles. The molecule has 1 fully saturated rings. The van der Waals surface area contributed by atoms with E-state index in [9.17, 15) is 21.6 Å². The largest absolute Gasteiger partial charge is 0.416 e. The smallest absolute Gasteiger partial charge is 0.207 e. The van der Waals surface area contributed by atoms with Gasteiger partial charge >= 0.3 is 6.18 Å². The lowest BCUT2D eigenvalue weighted by molar-refractivity contribution is -0.137. The van der Waals surface area contributed by atoms with Crippen LogP contribution in [-0.2, 0) is 16.2 Å². The summed E-state index contributed by atoms with van der Waals surface area (Å²) in [5, 5.41) is 0. The van der Waals surface area contributed by atoms with E-state index in [1.54, 1.807) is 6.92 Å². The Morgan fingerprint density at radius 1 is 1.30 bits per heavy atom. The third kappa shape index (κ3) is 2.98. The SMILES string of the molecule is CC(C1CC1)N(C)S(=O)(=O)c1cccc(C(F)(F)F)c1. The molecule has 1 aliphatic carbocycles. The van der Waals surface area contributed by atoms with Crippen LogP contribution in [0.5, 0.6) is 0 Å². The van der Waals surface area contributed by atoms with E-state index in [1.807, 2.05) is 0 Å². The van der Waals surface area contributed by atoms with Gasteiger partial charge in [-0.25, -0.2) is 8.42 Å². The summed E-state index contributed by atoms with van der Waals surface area (Å²) in [6.45, 7) is 1.78. The van der Waals surface area contributed by atoms with Gasteiger partial charge in [0, 0.05) is 13.1 Å². The summed E-state index contributed by atoms with van der Waals surface area (Å²) in [7, 11) is -2.48. The van der Waals surface area contributed by atoms with Crippen LogP contribution in [0.1, 0.15) is 25.3 Å². The molecule has 0 amide bonds. The number of rotatable bonds is 4. The molecule has 1 atom stereocenters. The maximum Gasteiger partial charge on any atom is 0.416 e. The molecule has 0 bridgehead atoms. The first-order valence-corrected chi connectivity index (χ1v) is 7.73. The molecule has 0 aliphatic heterocycles. The number of halogens is 3. The van der Waals surface area contributed by atoms with E-state index < -0.39 is 21.8 Å². The Morgan fingerprint density at radius 2 is 1.90 bits per heavy atom. The molecule has 0 radical (unpaired) electrons. The second-order valence-electron chi connectivity index (χ2n) is 5.12. The topological polar surface area (TPSA) is 37.4 Å². The van der Waals surface area contributed by atoms with E-state index in [-0.39, 0.29) is 10.9 Å². The third-order valence-electron chi connectivity index (χ3n) is 3.72. The molecule has 20 heavy (non-hydrogen) atoms. The molecule has 1 aromatic rings. The van der Waals surface area contributed by atoms with E-state index in [0.717, 1.165) is 25.0 Å². The van der Waals surface area contributed by atoms with Crippen molar-refractivity contribution in [2.24, 2.45) is 5.92 Å². The van der Waals surface area contributed by atoms with E-state index >= 15 is 0 Å². The van der Waals surface area contributed by atoms with Crippen molar-refractivity contribution < 1.29 is 21.6 Å². The van der Waals surface area contributed by atoms with Crippen molar-refractivity contribution in [3.05, 3.63) is 29.8 Å². The predicted molar refractivity (Wildman–Crippen MR) is 68.6 cm³/mol. The van der Waals surface area contributed by atoms with Crippen molar-refractivity contribution >= 4 is 10.0 Å². The lowest BCUT2D eigenvalue weighted by Gasteiger charge is -2.24. The molecule has 1 aromatic carbocycles. The van der Waals surface area contributed by atoms with Crippen LogP contribution in [-0.4, -0.2) is 25.8 Å². The van der Waals surface area contributed by atoms with Gasteiger partial charge in [0.1, 0.15) is 0 Å². The molecule has 0 heterocycles. The van der Waals surface area contributed by atoms with Crippen LogP contribution in [0.3, 0.4) is 0 Å². The second kappa shape index (κ2) is 5.04. The minimum absolute atomic E-state index is 0.199. The fourth-order valence-electron chi connectivity index (χ4n) is 2.09. The molecule has 1 aliphatic rings. The highest BCUT2D eigenvalue weighted by atomic mass is 32.2. The maximum atomic E-state index is 12.6. The molecule has 0 N–H and O–H groups in total. The van der Waals surface area contributed by atoms with Crippen molar-refractivity contribution in [2.45, 2.75) is 36.9 Å². The van der Waals surface area contributed by atoms with Crippen LogP contribution in [0.15, 0.2) is 29.2 Å². The van der Waals surface area contributed by atoms with Gasteiger partial charge in [0.25, 0.3) is 0 Å². The van der Waals surface area contributed by atoms with Crippen LogP contribution in [0, 0.1) is 5.92 Å². The van der Waals surface area contributed by atoms with Crippen LogP contribution in [0.2, 0.25) is 0 Å². The summed E-state index contributed by atoms with van der Waals surface area (Å²) in [6.07, 6.45) is -2.63. The molecule has 7 heteroatoms.